The first-order valence-electron chi connectivity index (χ1n) is 8.51. The summed E-state index contributed by atoms with van der Waals surface area (Å²) in [6.07, 6.45) is 0.0380. The van der Waals surface area contributed by atoms with Crippen LogP contribution >= 0.6 is 0 Å². The summed E-state index contributed by atoms with van der Waals surface area (Å²) in [5.41, 5.74) is 0.0162. The second kappa shape index (κ2) is 7.88. The van der Waals surface area contributed by atoms with E-state index in [0.717, 1.165) is 44.9 Å². The molecule has 2 N–H and O–H groups in total. The Balaban J connectivity index is 1.51. The maximum Gasteiger partial charge on any atom is 0.227 e. The average Bonchev–Trinajstić information content (AvgIpc) is 2.97. The Hall–Kier alpha value is -2.06. The summed E-state index contributed by atoms with van der Waals surface area (Å²) in [5.74, 6) is -2.54. The zero-order chi connectivity index (χ0) is 17.8. The second-order valence-corrected chi connectivity index (χ2v) is 6.38. The van der Waals surface area contributed by atoms with Crippen LogP contribution in [0.15, 0.2) is 18.2 Å². The number of nitrogens with zero attached hydrogens (tertiary/aromatic N) is 2. The van der Waals surface area contributed by atoms with Crippen LogP contribution in [-0.4, -0.2) is 62.5 Å². The van der Waals surface area contributed by atoms with Gasteiger partial charge in [-0.1, -0.05) is 0 Å². The van der Waals surface area contributed by atoms with Gasteiger partial charge in [0.15, 0.2) is 0 Å². The molecule has 2 heterocycles. The third-order valence-electron chi connectivity index (χ3n) is 4.63. The number of carbonyl (C=O) groups excluding carboxylic acids is 2. The van der Waals surface area contributed by atoms with Crippen LogP contribution in [0.2, 0.25) is 0 Å². The maximum atomic E-state index is 13.9. The van der Waals surface area contributed by atoms with Crippen LogP contribution < -0.4 is 15.5 Å². The number of piperazine rings is 1. The lowest BCUT2D eigenvalue weighted by Gasteiger charge is -2.27. The van der Waals surface area contributed by atoms with Crippen molar-refractivity contribution in [1.29, 1.82) is 0 Å². The summed E-state index contributed by atoms with van der Waals surface area (Å²) in [4.78, 5) is 27.9. The van der Waals surface area contributed by atoms with Crippen molar-refractivity contribution >= 4 is 17.5 Å². The largest absolute Gasteiger partial charge is 0.355 e. The zero-order valence-corrected chi connectivity index (χ0v) is 13.9. The Bertz CT molecular complexity index is 650. The van der Waals surface area contributed by atoms with Crippen LogP contribution in [0.25, 0.3) is 0 Å². The van der Waals surface area contributed by atoms with Crippen LogP contribution in [0, 0.1) is 17.6 Å². The molecule has 0 radical (unpaired) electrons. The molecule has 3 rings (SSSR count). The molecule has 1 unspecified atom stereocenters. The Morgan fingerprint density at radius 1 is 1.28 bits per heavy atom. The summed E-state index contributed by atoms with van der Waals surface area (Å²) in [6.45, 7) is 5.21. The van der Waals surface area contributed by atoms with Gasteiger partial charge in [0.1, 0.15) is 11.6 Å². The highest BCUT2D eigenvalue weighted by Gasteiger charge is 2.36. The van der Waals surface area contributed by atoms with Gasteiger partial charge in [-0.25, -0.2) is 8.78 Å². The highest BCUT2D eigenvalue weighted by atomic mass is 19.1. The fourth-order valence-electron chi connectivity index (χ4n) is 3.23. The number of benzene rings is 1. The molecule has 0 bridgehead atoms. The molecule has 6 nitrogen and oxygen atoms in total. The predicted octanol–water partition coefficient (Wildman–Crippen LogP) is 0.339. The molecule has 0 aliphatic carbocycles. The molecule has 0 aromatic heterocycles. The fraction of sp³-hybridized carbons (Fsp3) is 0.529. The van der Waals surface area contributed by atoms with Crippen LogP contribution in [0.3, 0.4) is 0 Å². The molecule has 2 fully saturated rings. The Labute approximate surface area is 145 Å². The third-order valence-corrected chi connectivity index (χ3v) is 4.63. The number of rotatable bonds is 5. The molecule has 2 amide bonds. The van der Waals surface area contributed by atoms with Crippen molar-refractivity contribution in [2.45, 2.75) is 6.42 Å². The van der Waals surface area contributed by atoms with Crippen molar-refractivity contribution in [2.75, 3.05) is 50.7 Å². The van der Waals surface area contributed by atoms with E-state index in [-0.39, 0.29) is 30.5 Å². The van der Waals surface area contributed by atoms with E-state index >= 15 is 0 Å². The van der Waals surface area contributed by atoms with Gasteiger partial charge in [-0.05, 0) is 12.1 Å². The first-order valence-corrected chi connectivity index (χ1v) is 8.51. The number of amides is 2. The molecule has 0 saturated carbocycles. The standard InChI is InChI=1S/C17H22F2N4O2/c18-13-1-2-15(14(19)10-13)23-11-12(9-16(23)24)17(25)21-5-8-22-6-3-20-4-7-22/h1-2,10,12,20H,3-9,11H2,(H,21,25). The molecule has 2 aliphatic rings. The van der Waals surface area contributed by atoms with Crippen molar-refractivity contribution in [2.24, 2.45) is 5.92 Å². The topological polar surface area (TPSA) is 64.7 Å². The second-order valence-electron chi connectivity index (χ2n) is 6.38. The molecular formula is C17H22F2N4O2. The number of nitrogens with one attached hydrogen (secondary N) is 2. The monoisotopic (exact) mass is 352 g/mol. The summed E-state index contributed by atoms with van der Waals surface area (Å²) in [6, 6.07) is 3.07. The lowest BCUT2D eigenvalue weighted by atomic mass is 10.1. The first-order chi connectivity index (χ1) is 12.0. The Kier molecular flexibility index (Phi) is 5.60. The van der Waals surface area contributed by atoms with Crippen LogP contribution in [0.5, 0.6) is 0 Å². The van der Waals surface area contributed by atoms with Gasteiger partial charge in [0.2, 0.25) is 11.8 Å². The van der Waals surface area contributed by atoms with Crippen LogP contribution in [0.1, 0.15) is 6.42 Å². The quantitative estimate of drug-likeness (QED) is 0.802. The van der Waals surface area contributed by atoms with Gasteiger partial charge >= 0.3 is 0 Å². The molecule has 1 atom stereocenters. The van der Waals surface area contributed by atoms with E-state index in [1.165, 1.54) is 11.0 Å². The number of halogens is 2. The van der Waals surface area contributed by atoms with E-state index < -0.39 is 17.6 Å². The third kappa shape index (κ3) is 4.32. The van der Waals surface area contributed by atoms with Gasteiger partial charge in [-0.2, -0.15) is 0 Å². The van der Waals surface area contributed by atoms with Crippen LogP contribution in [-0.2, 0) is 9.59 Å². The molecule has 136 valence electrons. The summed E-state index contributed by atoms with van der Waals surface area (Å²) < 4.78 is 26.9. The number of anilines is 1. The molecule has 25 heavy (non-hydrogen) atoms. The van der Waals surface area contributed by atoms with E-state index in [9.17, 15) is 18.4 Å². The van der Waals surface area contributed by atoms with E-state index in [1.807, 2.05) is 0 Å². The summed E-state index contributed by atoms with van der Waals surface area (Å²) >= 11 is 0. The molecule has 1 aromatic rings. The Morgan fingerprint density at radius 2 is 2.04 bits per heavy atom. The zero-order valence-electron chi connectivity index (χ0n) is 13.9. The molecule has 1 aromatic carbocycles. The number of hydrogen-bond acceptors (Lipinski definition) is 4. The minimum absolute atomic E-state index is 0.0162. The minimum atomic E-state index is -0.798. The van der Waals surface area contributed by atoms with Gasteiger partial charge in [0.05, 0.1) is 11.6 Å². The van der Waals surface area contributed by atoms with Gasteiger partial charge in [-0.15, -0.1) is 0 Å². The normalized spacial score (nSPS) is 21.6. The van der Waals surface area contributed by atoms with Gasteiger partial charge in [-0.3, -0.25) is 14.5 Å². The summed E-state index contributed by atoms with van der Waals surface area (Å²) in [5, 5.41) is 6.12. The van der Waals surface area contributed by atoms with Crippen LogP contribution in [0.4, 0.5) is 14.5 Å². The molecule has 8 heteroatoms. The smallest absolute Gasteiger partial charge is 0.227 e. The van der Waals surface area contributed by atoms with E-state index in [0.29, 0.717) is 6.54 Å². The predicted molar refractivity (Wildman–Crippen MR) is 89.1 cm³/mol. The minimum Gasteiger partial charge on any atom is -0.355 e. The number of carbonyl (C=O) groups is 2. The summed E-state index contributed by atoms with van der Waals surface area (Å²) in [7, 11) is 0. The average molecular weight is 352 g/mol. The van der Waals surface area contributed by atoms with Crippen molar-refractivity contribution in [3.05, 3.63) is 29.8 Å². The molecule has 0 spiro atoms. The fourth-order valence-corrected chi connectivity index (χ4v) is 3.23. The number of hydrogen-bond donors (Lipinski definition) is 2. The van der Waals surface area contributed by atoms with Gasteiger partial charge < -0.3 is 15.5 Å². The lowest BCUT2D eigenvalue weighted by Crippen LogP contribution is -2.46. The van der Waals surface area contributed by atoms with E-state index in [1.54, 1.807) is 0 Å². The Morgan fingerprint density at radius 3 is 2.76 bits per heavy atom. The van der Waals surface area contributed by atoms with Gasteiger partial charge in [0, 0.05) is 58.3 Å². The highest BCUT2D eigenvalue weighted by Crippen LogP contribution is 2.27. The molecular weight excluding hydrogens is 330 g/mol. The SMILES string of the molecule is O=C(NCCN1CCNCC1)C1CC(=O)N(c2ccc(F)cc2F)C1. The van der Waals surface area contributed by atoms with E-state index in [2.05, 4.69) is 15.5 Å². The van der Waals surface area contributed by atoms with Crippen molar-refractivity contribution in [3.63, 3.8) is 0 Å². The maximum absolute atomic E-state index is 13.9. The van der Waals surface area contributed by atoms with E-state index in [4.69, 9.17) is 0 Å². The molecule has 2 aliphatic heterocycles. The van der Waals surface area contributed by atoms with Crippen molar-refractivity contribution in [3.8, 4) is 0 Å². The van der Waals surface area contributed by atoms with Crippen molar-refractivity contribution < 1.29 is 18.4 Å². The first kappa shape index (κ1) is 17.8. The highest BCUT2D eigenvalue weighted by molar-refractivity contribution is 6.00. The van der Waals surface area contributed by atoms with Gasteiger partial charge in [0.25, 0.3) is 0 Å². The van der Waals surface area contributed by atoms with Crippen molar-refractivity contribution in [1.82, 2.24) is 15.5 Å². The molecule has 2 saturated heterocycles. The lowest BCUT2D eigenvalue weighted by molar-refractivity contribution is -0.126.